The van der Waals surface area contributed by atoms with Crippen molar-refractivity contribution in [2.24, 2.45) is 11.8 Å². The molecule has 1 aromatic rings. The molecular weight excluding hydrogens is 196 g/mol. The lowest BCUT2D eigenvalue weighted by molar-refractivity contribution is -0.108. The molecule has 16 heavy (non-hydrogen) atoms. The van der Waals surface area contributed by atoms with Crippen LogP contribution in [-0.4, -0.2) is 6.29 Å². The Labute approximate surface area is 98.2 Å². The molecule has 0 aliphatic carbocycles. The zero-order valence-corrected chi connectivity index (χ0v) is 10.1. The highest BCUT2D eigenvalue weighted by Crippen LogP contribution is 2.33. The third-order valence-corrected chi connectivity index (χ3v) is 3.08. The highest BCUT2D eigenvalue weighted by molar-refractivity contribution is 5.52. The summed E-state index contributed by atoms with van der Waals surface area (Å²) >= 11 is 0. The van der Waals surface area contributed by atoms with Crippen molar-refractivity contribution in [1.29, 1.82) is 0 Å². The van der Waals surface area contributed by atoms with Gasteiger partial charge in [0.25, 0.3) is 0 Å². The standard InChI is InChI=1S/C15H20O/c1-4-14(12(2)3)15(10-11-16)13-8-6-5-7-9-13/h4-9,11-12,14-15H,1,10H2,2-3H3/t14-,15-/m0/s1. The fourth-order valence-electron chi connectivity index (χ4n) is 2.22. The van der Waals surface area contributed by atoms with E-state index in [0.717, 1.165) is 6.29 Å². The van der Waals surface area contributed by atoms with Crippen molar-refractivity contribution in [3.05, 3.63) is 48.6 Å². The molecule has 0 aliphatic heterocycles. The van der Waals surface area contributed by atoms with E-state index < -0.39 is 0 Å². The SMILES string of the molecule is C=C[C@@H](C(C)C)[C@@H](CC=O)c1ccccc1. The van der Waals surface area contributed by atoms with Crippen molar-refractivity contribution in [2.45, 2.75) is 26.2 Å². The molecule has 0 radical (unpaired) electrons. The molecule has 0 N–H and O–H groups in total. The summed E-state index contributed by atoms with van der Waals surface area (Å²) in [6.07, 6.45) is 3.56. The van der Waals surface area contributed by atoms with Gasteiger partial charge in [-0.1, -0.05) is 50.3 Å². The number of allylic oxidation sites excluding steroid dienone is 1. The lowest BCUT2D eigenvalue weighted by Gasteiger charge is -2.26. The second kappa shape index (κ2) is 6.26. The summed E-state index contributed by atoms with van der Waals surface area (Å²) in [4.78, 5) is 10.8. The maximum Gasteiger partial charge on any atom is 0.120 e. The first-order valence-electron chi connectivity index (χ1n) is 5.81. The predicted molar refractivity (Wildman–Crippen MR) is 68.4 cm³/mol. The van der Waals surface area contributed by atoms with Gasteiger partial charge in [0.05, 0.1) is 0 Å². The van der Waals surface area contributed by atoms with Crippen molar-refractivity contribution in [3.8, 4) is 0 Å². The quantitative estimate of drug-likeness (QED) is 0.522. The number of benzene rings is 1. The number of rotatable bonds is 6. The van der Waals surface area contributed by atoms with Gasteiger partial charge in [-0.2, -0.15) is 0 Å². The molecular formula is C15H20O. The highest BCUT2D eigenvalue weighted by atomic mass is 16.1. The van der Waals surface area contributed by atoms with Gasteiger partial charge in [0.1, 0.15) is 6.29 Å². The Kier molecular flexibility index (Phi) is 4.97. The fraction of sp³-hybridized carbons (Fsp3) is 0.400. The first-order chi connectivity index (χ1) is 7.70. The van der Waals surface area contributed by atoms with E-state index in [1.807, 2.05) is 24.3 Å². The second-order valence-electron chi connectivity index (χ2n) is 4.48. The minimum Gasteiger partial charge on any atom is -0.303 e. The maximum atomic E-state index is 10.8. The predicted octanol–water partition coefficient (Wildman–Crippen LogP) is 3.82. The van der Waals surface area contributed by atoms with E-state index in [9.17, 15) is 4.79 Å². The molecule has 0 spiro atoms. The summed E-state index contributed by atoms with van der Waals surface area (Å²) in [7, 11) is 0. The molecule has 0 saturated carbocycles. The number of hydrogen-bond donors (Lipinski definition) is 0. The number of aldehydes is 1. The van der Waals surface area contributed by atoms with Crippen LogP contribution in [0.4, 0.5) is 0 Å². The summed E-state index contributed by atoms with van der Waals surface area (Å²) in [5.74, 6) is 1.12. The Morgan fingerprint density at radius 1 is 1.25 bits per heavy atom. The number of carbonyl (C=O) groups excluding carboxylic acids is 1. The third-order valence-electron chi connectivity index (χ3n) is 3.08. The van der Waals surface area contributed by atoms with Gasteiger partial charge in [-0.3, -0.25) is 0 Å². The van der Waals surface area contributed by atoms with Crippen LogP contribution in [0, 0.1) is 11.8 Å². The minimum atomic E-state index is 0.260. The van der Waals surface area contributed by atoms with E-state index >= 15 is 0 Å². The average molecular weight is 216 g/mol. The van der Waals surface area contributed by atoms with Gasteiger partial charge in [0, 0.05) is 6.42 Å². The molecule has 0 fully saturated rings. The van der Waals surface area contributed by atoms with Crippen LogP contribution in [-0.2, 0) is 4.79 Å². The monoisotopic (exact) mass is 216 g/mol. The van der Waals surface area contributed by atoms with E-state index in [-0.39, 0.29) is 5.92 Å². The first kappa shape index (κ1) is 12.7. The Balaban J connectivity index is 2.98. The average Bonchev–Trinajstić information content (AvgIpc) is 2.29. The smallest absolute Gasteiger partial charge is 0.120 e. The molecule has 0 heterocycles. The van der Waals surface area contributed by atoms with Gasteiger partial charge in [-0.05, 0) is 23.3 Å². The van der Waals surface area contributed by atoms with Crippen LogP contribution in [0.5, 0.6) is 0 Å². The van der Waals surface area contributed by atoms with Gasteiger partial charge >= 0.3 is 0 Å². The summed E-state index contributed by atoms with van der Waals surface area (Å²) in [5, 5.41) is 0. The normalized spacial score (nSPS) is 14.4. The van der Waals surface area contributed by atoms with Crippen LogP contribution in [0.2, 0.25) is 0 Å². The largest absolute Gasteiger partial charge is 0.303 e. The Morgan fingerprint density at radius 3 is 2.31 bits per heavy atom. The Morgan fingerprint density at radius 2 is 1.88 bits per heavy atom. The zero-order valence-electron chi connectivity index (χ0n) is 10.1. The van der Waals surface area contributed by atoms with Crippen molar-refractivity contribution in [2.75, 3.05) is 0 Å². The summed E-state index contributed by atoms with van der Waals surface area (Å²) in [5.41, 5.74) is 1.23. The van der Waals surface area contributed by atoms with Gasteiger partial charge in [0.15, 0.2) is 0 Å². The van der Waals surface area contributed by atoms with Crippen molar-refractivity contribution >= 4 is 6.29 Å². The molecule has 0 aromatic heterocycles. The molecule has 86 valence electrons. The zero-order chi connectivity index (χ0) is 12.0. The molecule has 1 heteroatoms. The van der Waals surface area contributed by atoms with Crippen LogP contribution in [0.25, 0.3) is 0 Å². The number of carbonyl (C=O) groups is 1. The Hall–Kier alpha value is -1.37. The van der Waals surface area contributed by atoms with Gasteiger partial charge < -0.3 is 4.79 Å². The fourth-order valence-corrected chi connectivity index (χ4v) is 2.22. The van der Waals surface area contributed by atoms with Crippen LogP contribution in [0.1, 0.15) is 31.7 Å². The third kappa shape index (κ3) is 3.06. The van der Waals surface area contributed by atoms with Crippen molar-refractivity contribution in [3.63, 3.8) is 0 Å². The van der Waals surface area contributed by atoms with Crippen LogP contribution >= 0.6 is 0 Å². The molecule has 2 atom stereocenters. The van der Waals surface area contributed by atoms with Crippen molar-refractivity contribution in [1.82, 2.24) is 0 Å². The summed E-state index contributed by atoms with van der Waals surface area (Å²) in [6, 6.07) is 10.2. The molecule has 0 saturated heterocycles. The molecule has 0 amide bonds. The van der Waals surface area contributed by atoms with Gasteiger partial charge in [0.2, 0.25) is 0 Å². The van der Waals surface area contributed by atoms with Crippen LogP contribution in [0.3, 0.4) is 0 Å². The molecule has 1 aromatic carbocycles. The minimum absolute atomic E-state index is 0.260. The molecule has 0 bridgehead atoms. The molecule has 1 nitrogen and oxygen atoms in total. The second-order valence-corrected chi connectivity index (χ2v) is 4.48. The van der Waals surface area contributed by atoms with E-state index in [2.05, 4.69) is 32.6 Å². The van der Waals surface area contributed by atoms with Crippen molar-refractivity contribution < 1.29 is 4.79 Å². The van der Waals surface area contributed by atoms with E-state index in [4.69, 9.17) is 0 Å². The maximum absolute atomic E-state index is 10.8. The highest BCUT2D eigenvalue weighted by Gasteiger charge is 2.22. The van der Waals surface area contributed by atoms with Crippen LogP contribution in [0.15, 0.2) is 43.0 Å². The Bertz CT molecular complexity index is 327. The lowest BCUT2D eigenvalue weighted by Crippen LogP contribution is -2.17. The first-order valence-corrected chi connectivity index (χ1v) is 5.81. The van der Waals surface area contributed by atoms with E-state index in [0.29, 0.717) is 18.3 Å². The van der Waals surface area contributed by atoms with E-state index in [1.165, 1.54) is 5.56 Å². The topological polar surface area (TPSA) is 17.1 Å². The van der Waals surface area contributed by atoms with Gasteiger partial charge in [-0.25, -0.2) is 0 Å². The van der Waals surface area contributed by atoms with Gasteiger partial charge in [-0.15, -0.1) is 6.58 Å². The summed E-state index contributed by atoms with van der Waals surface area (Å²) < 4.78 is 0. The summed E-state index contributed by atoms with van der Waals surface area (Å²) in [6.45, 7) is 8.24. The lowest BCUT2D eigenvalue weighted by atomic mass is 9.78. The molecule has 0 unspecified atom stereocenters. The molecule has 0 aliphatic rings. The number of hydrogen-bond acceptors (Lipinski definition) is 1. The van der Waals surface area contributed by atoms with E-state index in [1.54, 1.807) is 0 Å². The molecule has 1 rings (SSSR count). The van der Waals surface area contributed by atoms with Crippen LogP contribution < -0.4 is 0 Å².